The number of benzene rings is 2. The van der Waals surface area contributed by atoms with Gasteiger partial charge in [0.25, 0.3) is 0 Å². The highest BCUT2D eigenvalue weighted by Gasteiger charge is 2.15. The van der Waals surface area contributed by atoms with Crippen LogP contribution in [0.2, 0.25) is 0 Å². The maximum atomic E-state index is 11.1. The standard InChI is InChI=1S/C17H16O4/c1-2-15(11-5-3-7-13(9-11)16(18)19)12-6-4-8-14(10-12)17(20)21/h3-10,15H,2H2,1H3,(H,18,19)(H,20,21). The van der Waals surface area contributed by atoms with Crippen LogP contribution in [-0.4, -0.2) is 22.2 Å². The predicted octanol–water partition coefficient (Wildman–Crippen LogP) is 3.62. The summed E-state index contributed by atoms with van der Waals surface area (Å²) < 4.78 is 0. The summed E-state index contributed by atoms with van der Waals surface area (Å²) in [5.41, 5.74) is 2.22. The highest BCUT2D eigenvalue weighted by atomic mass is 16.4. The van der Waals surface area contributed by atoms with Crippen molar-refractivity contribution in [3.8, 4) is 0 Å². The Kier molecular flexibility index (Phi) is 4.38. The van der Waals surface area contributed by atoms with Crippen molar-refractivity contribution >= 4 is 11.9 Å². The van der Waals surface area contributed by atoms with Crippen LogP contribution in [0.5, 0.6) is 0 Å². The minimum absolute atomic E-state index is 0.0244. The molecule has 21 heavy (non-hydrogen) atoms. The highest BCUT2D eigenvalue weighted by molar-refractivity contribution is 5.88. The molecule has 0 spiro atoms. The van der Waals surface area contributed by atoms with Gasteiger partial charge in [0, 0.05) is 5.92 Å². The van der Waals surface area contributed by atoms with Crippen LogP contribution in [0.3, 0.4) is 0 Å². The maximum Gasteiger partial charge on any atom is 0.335 e. The molecule has 0 radical (unpaired) electrons. The molecule has 0 aliphatic carbocycles. The van der Waals surface area contributed by atoms with E-state index in [1.54, 1.807) is 36.4 Å². The molecule has 2 aromatic carbocycles. The van der Waals surface area contributed by atoms with E-state index in [1.807, 2.05) is 19.1 Å². The van der Waals surface area contributed by atoms with Gasteiger partial charge < -0.3 is 10.2 Å². The number of hydrogen-bond donors (Lipinski definition) is 2. The Balaban J connectivity index is 2.44. The van der Waals surface area contributed by atoms with Gasteiger partial charge in [0.2, 0.25) is 0 Å². The number of carboxylic acids is 2. The van der Waals surface area contributed by atoms with Gasteiger partial charge in [-0.05, 0) is 41.8 Å². The van der Waals surface area contributed by atoms with Crippen molar-refractivity contribution in [1.29, 1.82) is 0 Å². The van der Waals surface area contributed by atoms with E-state index >= 15 is 0 Å². The molecule has 0 amide bonds. The monoisotopic (exact) mass is 284 g/mol. The lowest BCUT2D eigenvalue weighted by molar-refractivity contribution is 0.0686. The number of carboxylic acid groups (broad SMARTS) is 2. The lowest BCUT2D eigenvalue weighted by Crippen LogP contribution is -2.05. The number of carbonyl (C=O) groups is 2. The average molecular weight is 284 g/mol. The van der Waals surface area contributed by atoms with E-state index < -0.39 is 11.9 Å². The number of rotatable bonds is 5. The smallest absolute Gasteiger partial charge is 0.335 e. The molecule has 0 heterocycles. The molecule has 0 saturated carbocycles. The molecule has 2 aromatic rings. The molecule has 0 fully saturated rings. The maximum absolute atomic E-state index is 11.1. The fourth-order valence-corrected chi connectivity index (χ4v) is 2.44. The summed E-state index contributed by atoms with van der Waals surface area (Å²) in [6, 6.07) is 13.5. The number of aromatic carboxylic acids is 2. The van der Waals surface area contributed by atoms with Crippen molar-refractivity contribution in [2.75, 3.05) is 0 Å². The third-order valence-electron chi connectivity index (χ3n) is 3.48. The fourth-order valence-electron chi connectivity index (χ4n) is 2.44. The first-order valence-electron chi connectivity index (χ1n) is 6.69. The van der Waals surface area contributed by atoms with Crippen molar-refractivity contribution in [1.82, 2.24) is 0 Å². The van der Waals surface area contributed by atoms with Gasteiger partial charge in [-0.25, -0.2) is 9.59 Å². The zero-order valence-corrected chi connectivity index (χ0v) is 11.6. The van der Waals surface area contributed by atoms with E-state index in [0.717, 1.165) is 17.5 Å². The van der Waals surface area contributed by atoms with Crippen LogP contribution in [0.1, 0.15) is 51.1 Å². The lowest BCUT2D eigenvalue weighted by Gasteiger charge is -2.17. The molecule has 4 nitrogen and oxygen atoms in total. The lowest BCUT2D eigenvalue weighted by atomic mass is 9.87. The van der Waals surface area contributed by atoms with Crippen LogP contribution in [0.25, 0.3) is 0 Å². The second-order valence-electron chi connectivity index (χ2n) is 4.82. The van der Waals surface area contributed by atoms with Crippen LogP contribution in [0.15, 0.2) is 48.5 Å². The van der Waals surface area contributed by atoms with Crippen molar-refractivity contribution in [3.63, 3.8) is 0 Å². The molecule has 0 atom stereocenters. The first-order valence-corrected chi connectivity index (χ1v) is 6.69. The second-order valence-corrected chi connectivity index (χ2v) is 4.82. The van der Waals surface area contributed by atoms with Crippen LogP contribution >= 0.6 is 0 Å². The van der Waals surface area contributed by atoms with E-state index in [0.29, 0.717) is 0 Å². The summed E-state index contributed by atoms with van der Waals surface area (Å²) in [4.78, 5) is 22.1. The van der Waals surface area contributed by atoms with Crippen molar-refractivity contribution in [2.45, 2.75) is 19.3 Å². The van der Waals surface area contributed by atoms with E-state index in [-0.39, 0.29) is 17.0 Å². The Morgan fingerprint density at radius 3 is 1.67 bits per heavy atom. The summed E-state index contributed by atoms with van der Waals surface area (Å²) in [6.45, 7) is 1.99. The summed E-state index contributed by atoms with van der Waals surface area (Å²) in [5.74, 6) is -1.96. The molecule has 0 unspecified atom stereocenters. The van der Waals surface area contributed by atoms with Gasteiger partial charge in [-0.1, -0.05) is 31.2 Å². The van der Waals surface area contributed by atoms with Gasteiger partial charge in [0.1, 0.15) is 0 Å². The first kappa shape index (κ1) is 14.8. The Morgan fingerprint density at radius 1 is 0.905 bits per heavy atom. The Labute approximate surface area is 122 Å². The largest absolute Gasteiger partial charge is 0.478 e. The van der Waals surface area contributed by atoms with Crippen molar-refractivity contribution in [2.24, 2.45) is 0 Å². The van der Waals surface area contributed by atoms with Gasteiger partial charge in [0.05, 0.1) is 11.1 Å². The van der Waals surface area contributed by atoms with Gasteiger partial charge in [-0.15, -0.1) is 0 Å². The highest BCUT2D eigenvalue weighted by Crippen LogP contribution is 2.29. The molecule has 108 valence electrons. The molecular formula is C17H16O4. The molecule has 2 N–H and O–H groups in total. The predicted molar refractivity (Wildman–Crippen MR) is 78.9 cm³/mol. The summed E-state index contributed by atoms with van der Waals surface area (Å²) in [5, 5.41) is 18.1. The molecule has 0 aromatic heterocycles. The minimum atomic E-state index is -0.967. The molecule has 0 saturated heterocycles. The quantitative estimate of drug-likeness (QED) is 0.879. The minimum Gasteiger partial charge on any atom is -0.478 e. The molecular weight excluding hydrogens is 268 g/mol. The normalized spacial score (nSPS) is 10.6. The average Bonchev–Trinajstić information content (AvgIpc) is 2.48. The van der Waals surface area contributed by atoms with Gasteiger partial charge >= 0.3 is 11.9 Å². The van der Waals surface area contributed by atoms with Crippen molar-refractivity contribution < 1.29 is 19.8 Å². The third-order valence-corrected chi connectivity index (χ3v) is 3.48. The Bertz CT molecular complexity index is 618. The van der Waals surface area contributed by atoms with E-state index in [4.69, 9.17) is 10.2 Å². The molecule has 0 aliphatic heterocycles. The van der Waals surface area contributed by atoms with E-state index in [1.165, 1.54) is 0 Å². The van der Waals surface area contributed by atoms with Gasteiger partial charge in [0.15, 0.2) is 0 Å². The van der Waals surface area contributed by atoms with Crippen LogP contribution in [0.4, 0.5) is 0 Å². The molecule has 4 heteroatoms. The molecule has 2 rings (SSSR count). The zero-order chi connectivity index (χ0) is 15.4. The van der Waals surface area contributed by atoms with E-state index in [9.17, 15) is 9.59 Å². The van der Waals surface area contributed by atoms with Gasteiger partial charge in [-0.2, -0.15) is 0 Å². The molecule has 0 aliphatic rings. The fraction of sp³-hybridized carbons (Fsp3) is 0.176. The zero-order valence-electron chi connectivity index (χ0n) is 11.6. The third kappa shape index (κ3) is 3.28. The topological polar surface area (TPSA) is 74.6 Å². The van der Waals surface area contributed by atoms with Crippen molar-refractivity contribution in [3.05, 3.63) is 70.8 Å². The van der Waals surface area contributed by atoms with Crippen LogP contribution in [-0.2, 0) is 0 Å². The number of hydrogen-bond acceptors (Lipinski definition) is 2. The summed E-state index contributed by atoms with van der Waals surface area (Å²) in [6.07, 6.45) is 0.756. The summed E-state index contributed by atoms with van der Waals surface area (Å²) >= 11 is 0. The second kappa shape index (κ2) is 6.22. The Morgan fingerprint density at radius 2 is 1.33 bits per heavy atom. The van der Waals surface area contributed by atoms with Crippen LogP contribution in [0, 0.1) is 0 Å². The SMILES string of the molecule is CCC(c1cccc(C(=O)O)c1)c1cccc(C(=O)O)c1. The van der Waals surface area contributed by atoms with E-state index in [2.05, 4.69) is 0 Å². The molecule has 0 bridgehead atoms. The van der Waals surface area contributed by atoms with Crippen LogP contribution < -0.4 is 0 Å². The Hall–Kier alpha value is -2.62. The summed E-state index contributed by atoms with van der Waals surface area (Å²) in [7, 11) is 0. The first-order chi connectivity index (χ1) is 10.0. The van der Waals surface area contributed by atoms with Gasteiger partial charge in [-0.3, -0.25) is 0 Å².